The van der Waals surface area contributed by atoms with E-state index in [0.717, 1.165) is 12.8 Å². The van der Waals surface area contributed by atoms with Crippen LogP contribution < -0.4 is 0 Å². The summed E-state index contributed by atoms with van der Waals surface area (Å²) in [7, 11) is -3.71. The van der Waals surface area contributed by atoms with Crippen LogP contribution in [-0.4, -0.2) is 41.1 Å². The monoisotopic (exact) mass is 283 g/mol. The molecule has 0 aromatic carbocycles. The smallest absolute Gasteiger partial charge is 0.247 e. The molecule has 0 aliphatic heterocycles. The van der Waals surface area contributed by atoms with E-state index in [-0.39, 0.29) is 17.1 Å². The molecule has 1 aromatic rings. The van der Waals surface area contributed by atoms with Crippen molar-refractivity contribution in [2.45, 2.75) is 31.3 Å². The molecular weight excluding hydrogens is 266 g/mol. The molecule has 0 saturated heterocycles. The minimum atomic E-state index is -3.71. The van der Waals surface area contributed by atoms with Gasteiger partial charge < -0.3 is 5.11 Å². The highest BCUT2D eigenvalue weighted by Crippen LogP contribution is 2.32. The Morgan fingerprint density at radius 2 is 2.26 bits per heavy atom. The Hall–Kier alpha value is -1.36. The molecule has 0 radical (unpaired) electrons. The summed E-state index contributed by atoms with van der Waals surface area (Å²) < 4.78 is 26.5. The van der Waals surface area contributed by atoms with Gasteiger partial charge in [-0.1, -0.05) is 5.92 Å². The Morgan fingerprint density at radius 1 is 1.58 bits per heavy atom. The number of aliphatic hydroxyl groups is 1. The fraction of sp³-hybridized carbons (Fsp3) is 0.583. The quantitative estimate of drug-likeness (QED) is 0.732. The van der Waals surface area contributed by atoms with Crippen molar-refractivity contribution in [2.24, 2.45) is 5.92 Å². The van der Waals surface area contributed by atoms with Gasteiger partial charge in [-0.05, 0) is 25.7 Å². The van der Waals surface area contributed by atoms with E-state index in [1.807, 2.05) is 0 Å². The van der Waals surface area contributed by atoms with Crippen LogP contribution in [0.3, 0.4) is 0 Å². The predicted molar refractivity (Wildman–Crippen MR) is 69.6 cm³/mol. The van der Waals surface area contributed by atoms with Crippen LogP contribution in [0.1, 0.15) is 24.2 Å². The summed E-state index contributed by atoms with van der Waals surface area (Å²) in [6, 6.07) is 0. The number of aryl methyl sites for hydroxylation is 1. The third-order valence-electron chi connectivity index (χ3n) is 3.14. The fourth-order valence-corrected chi connectivity index (χ4v) is 3.74. The molecule has 7 heteroatoms. The molecular formula is C12H17N3O3S. The standard InChI is InChI=1S/C12H17N3O3S/c1-3-6-15(7-10-4-5-10)19(17,18)12-9(2)13-14-11(12)8-16/h1,10,16H,4-8H2,2H3,(H,13,14). The topological polar surface area (TPSA) is 86.3 Å². The summed E-state index contributed by atoms with van der Waals surface area (Å²) in [5.74, 6) is 2.78. The summed E-state index contributed by atoms with van der Waals surface area (Å²) in [6.07, 6.45) is 7.33. The van der Waals surface area contributed by atoms with E-state index in [1.54, 1.807) is 6.92 Å². The number of terminal acetylenes is 1. The van der Waals surface area contributed by atoms with Crippen LogP contribution in [0.5, 0.6) is 0 Å². The van der Waals surface area contributed by atoms with Crippen LogP contribution in [0.2, 0.25) is 0 Å². The van der Waals surface area contributed by atoms with Gasteiger partial charge in [0.1, 0.15) is 10.6 Å². The molecule has 0 amide bonds. The Morgan fingerprint density at radius 3 is 2.79 bits per heavy atom. The first-order chi connectivity index (χ1) is 9.00. The van der Waals surface area contributed by atoms with E-state index in [1.165, 1.54) is 4.31 Å². The van der Waals surface area contributed by atoms with Crippen molar-refractivity contribution in [1.29, 1.82) is 0 Å². The summed E-state index contributed by atoms with van der Waals surface area (Å²) in [4.78, 5) is 0.0471. The zero-order valence-corrected chi connectivity index (χ0v) is 11.6. The van der Waals surface area contributed by atoms with E-state index in [4.69, 9.17) is 6.42 Å². The lowest BCUT2D eigenvalue weighted by molar-refractivity contribution is 0.273. The number of sulfonamides is 1. The summed E-state index contributed by atoms with van der Waals surface area (Å²) >= 11 is 0. The van der Waals surface area contributed by atoms with E-state index in [0.29, 0.717) is 18.2 Å². The molecule has 1 aliphatic carbocycles. The molecule has 1 fully saturated rings. The molecule has 0 spiro atoms. The van der Waals surface area contributed by atoms with Gasteiger partial charge in [-0.2, -0.15) is 9.40 Å². The molecule has 2 rings (SSSR count). The number of nitrogens with one attached hydrogen (secondary N) is 1. The average Bonchev–Trinajstić information content (AvgIpc) is 3.09. The number of H-pyrrole nitrogens is 1. The summed E-state index contributed by atoms with van der Waals surface area (Å²) in [5.41, 5.74) is 0.553. The molecule has 104 valence electrons. The fourth-order valence-electron chi connectivity index (χ4n) is 1.99. The minimum Gasteiger partial charge on any atom is -0.390 e. The second kappa shape index (κ2) is 5.33. The van der Waals surface area contributed by atoms with Crippen LogP contribution in [-0.2, 0) is 16.6 Å². The number of hydrogen-bond acceptors (Lipinski definition) is 4. The van der Waals surface area contributed by atoms with Crippen LogP contribution in [0, 0.1) is 25.2 Å². The highest BCUT2D eigenvalue weighted by atomic mass is 32.2. The molecule has 6 nitrogen and oxygen atoms in total. The summed E-state index contributed by atoms with van der Waals surface area (Å²) in [6.45, 7) is 1.66. The molecule has 1 saturated carbocycles. The molecule has 0 bridgehead atoms. The normalized spacial score (nSPS) is 15.7. The number of nitrogens with zero attached hydrogens (tertiary/aromatic N) is 2. The van der Waals surface area contributed by atoms with Gasteiger partial charge in [0.15, 0.2) is 0 Å². The third-order valence-corrected chi connectivity index (χ3v) is 5.15. The van der Waals surface area contributed by atoms with Gasteiger partial charge in [-0.3, -0.25) is 5.10 Å². The van der Waals surface area contributed by atoms with E-state index < -0.39 is 16.6 Å². The first kappa shape index (κ1) is 14.1. The predicted octanol–water partition coefficient (Wildman–Crippen LogP) is 0.244. The van der Waals surface area contributed by atoms with Gasteiger partial charge >= 0.3 is 0 Å². The van der Waals surface area contributed by atoms with Gasteiger partial charge in [-0.15, -0.1) is 6.42 Å². The van der Waals surface area contributed by atoms with Crippen molar-refractivity contribution < 1.29 is 13.5 Å². The molecule has 2 N–H and O–H groups in total. The van der Waals surface area contributed by atoms with Crippen LogP contribution >= 0.6 is 0 Å². The largest absolute Gasteiger partial charge is 0.390 e. The van der Waals surface area contributed by atoms with Gasteiger partial charge in [0.2, 0.25) is 10.0 Å². The van der Waals surface area contributed by atoms with Crippen molar-refractivity contribution in [1.82, 2.24) is 14.5 Å². The first-order valence-electron chi connectivity index (χ1n) is 6.09. The first-order valence-corrected chi connectivity index (χ1v) is 7.53. The van der Waals surface area contributed by atoms with Gasteiger partial charge in [0.05, 0.1) is 18.8 Å². The molecule has 1 aliphatic rings. The lowest BCUT2D eigenvalue weighted by atomic mass is 10.4. The lowest BCUT2D eigenvalue weighted by Crippen LogP contribution is -2.34. The van der Waals surface area contributed by atoms with Crippen molar-refractivity contribution in [3.63, 3.8) is 0 Å². The number of rotatable bonds is 6. The van der Waals surface area contributed by atoms with E-state index in [2.05, 4.69) is 16.1 Å². The molecule has 1 heterocycles. The molecule has 0 atom stereocenters. The van der Waals surface area contributed by atoms with E-state index >= 15 is 0 Å². The Kier molecular flexibility index (Phi) is 3.94. The van der Waals surface area contributed by atoms with Crippen LogP contribution in [0.15, 0.2) is 4.90 Å². The number of aromatic nitrogens is 2. The lowest BCUT2D eigenvalue weighted by Gasteiger charge is -2.19. The maximum absolute atomic E-state index is 12.6. The Balaban J connectivity index is 2.37. The Bertz CT molecular complexity index is 596. The summed E-state index contributed by atoms with van der Waals surface area (Å²) in [5, 5.41) is 15.6. The van der Waals surface area contributed by atoms with Crippen molar-refractivity contribution in [2.75, 3.05) is 13.1 Å². The molecule has 19 heavy (non-hydrogen) atoms. The second-order valence-corrected chi connectivity index (χ2v) is 6.60. The van der Waals surface area contributed by atoms with Gasteiger partial charge in [0.25, 0.3) is 0 Å². The molecule has 1 aromatic heterocycles. The zero-order valence-electron chi connectivity index (χ0n) is 10.8. The van der Waals surface area contributed by atoms with Crippen molar-refractivity contribution >= 4 is 10.0 Å². The highest BCUT2D eigenvalue weighted by molar-refractivity contribution is 7.89. The Labute approximate surface area is 112 Å². The van der Waals surface area contributed by atoms with Gasteiger partial charge in [-0.25, -0.2) is 8.42 Å². The van der Waals surface area contributed by atoms with Crippen LogP contribution in [0.25, 0.3) is 0 Å². The number of hydrogen-bond donors (Lipinski definition) is 2. The maximum atomic E-state index is 12.6. The van der Waals surface area contributed by atoms with Crippen LogP contribution in [0.4, 0.5) is 0 Å². The molecule has 0 unspecified atom stereocenters. The number of aliphatic hydroxyl groups excluding tert-OH is 1. The number of aromatic amines is 1. The third kappa shape index (κ3) is 2.81. The maximum Gasteiger partial charge on any atom is 0.247 e. The minimum absolute atomic E-state index is 0.0360. The van der Waals surface area contributed by atoms with E-state index in [9.17, 15) is 13.5 Å². The average molecular weight is 283 g/mol. The van der Waals surface area contributed by atoms with Gasteiger partial charge in [0, 0.05) is 6.54 Å². The highest BCUT2D eigenvalue weighted by Gasteiger charge is 2.34. The van der Waals surface area contributed by atoms with Crippen molar-refractivity contribution in [3.05, 3.63) is 11.4 Å². The van der Waals surface area contributed by atoms with Crippen molar-refractivity contribution in [3.8, 4) is 12.3 Å². The second-order valence-electron chi connectivity index (χ2n) is 4.73. The zero-order chi connectivity index (χ0) is 14.0. The SMILES string of the molecule is C#CCN(CC1CC1)S(=O)(=O)c1c(CO)n[nH]c1C.